The molecule has 0 amide bonds. The van der Waals surface area contributed by atoms with Gasteiger partial charge >= 0.3 is 0 Å². The van der Waals surface area contributed by atoms with E-state index < -0.39 is 25.0 Å². The van der Waals surface area contributed by atoms with Crippen LogP contribution in [-0.4, -0.2) is 43.8 Å². The van der Waals surface area contributed by atoms with E-state index >= 15 is 0 Å². The minimum absolute atomic E-state index is 0.0541. The van der Waals surface area contributed by atoms with E-state index in [-0.39, 0.29) is 33.2 Å². The largest absolute Gasteiger partial charge is 0.417 e. The van der Waals surface area contributed by atoms with Gasteiger partial charge in [0.05, 0.1) is 12.2 Å². The van der Waals surface area contributed by atoms with Crippen LogP contribution < -0.4 is 0 Å². The van der Waals surface area contributed by atoms with E-state index in [1.54, 1.807) is 0 Å². The van der Waals surface area contributed by atoms with Crippen LogP contribution in [0.2, 0.25) is 54.4 Å². The van der Waals surface area contributed by atoms with Gasteiger partial charge in [-0.2, -0.15) is 0 Å². The number of terminal acetylenes is 1. The first-order valence-electron chi connectivity index (χ1n) is 13.5. The van der Waals surface area contributed by atoms with E-state index in [1.807, 2.05) is 6.08 Å². The Labute approximate surface area is 223 Å². The third-order valence-corrected chi connectivity index (χ3v) is 22.4. The molecule has 0 radical (unpaired) electrons. The van der Waals surface area contributed by atoms with Crippen molar-refractivity contribution < 1.29 is 13.3 Å². The predicted molar refractivity (Wildman–Crippen MR) is 164 cm³/mol. The second-order valence-electron chi connectivity index (χ2n) is 14.8. The molecule has 0 aliphatic rings. The standard InChI is InChI=1S/C29H60O3Si3/c1-18-21-26(32-35(16,17)29(9,10)11)24(22-20-23-30-33(12,13)27(3,4)5)25(19-2)31-34(14,15)28(6,7)8/h1,19,24-26H,2,20-23H2,3-17H3/t24-,25-,26+/m0/s1. The first-order valence-corrected chi connectivity index (χ1v) is 22.2. The fraction of sp³-hybridized carbons (Fsp3) is 0.862. The van der Waals surface area contributed by atoms with Crippen LogP contribution in [0.25, 0.3) is 0 Å². The molecule has 0 fully saturated rings. The lowest BCUT2D eigenvalue weighted by Gasteiger charge is -2.45. The van der Waals surface area contributed by atoms with Crippen LogP contribution in [0.1, 0.15) is 81.6 Å². The zero-order chi connectivity index (χ0) is 28.1. The van der Waals surface area contributed by atoms with Crippen molar-refractivity contribution in [2.45, 2.75) is 148 Å². The Morgan fingerprint density at radius 3 is 1.57 bits per heavy atom. The lowest BCUT2D eigenvalue weighted by Crippen LogP contribution is -2.50. The molecule has 0 N–H and O–H groups in total. The highest BCUT2D eigenvalue weighted by atomic mass is 28.4. The van der Waals surface area contributed by atoms with Crippen molar-refractivity contribution in [3.8, 4) is 12.3 Å². The van der Waals surface area contributed by atoms with Gasteiger partial charge in [0.15, 0.2) is 25.0 Å². The van der Waals surface area contributed by atoms with Gasteiger partial charge in [0, 0.05) is 18.9 Å². The molecule has 35 heavy (non-hydrogen) atoms. The SMILES string of the molecule is C#CC[C@@H](O[Si](C)(C)C(C)(C)C)[C@@H](CCCO[Si](C)(C)C(C)(C)C)[C@H](C=C)O[Si](C)(C)C(C)(C)C. The molecule has 0 rings (SSSR count). The third kappa shape index (κ3) is 10.2. The van der Waals surface area contributed by atoms with Gasteiger partial charge in [-0.15, -0.1) is 18.9 Å². The molecule has 0 aliphatic heterocycles. The average Bonchev–Trinajstić information content (AvgIpc) is 2.63. The maximum Gasteiger partial charge on any atom is 0.192 e. The summed E-state index contributed by atoms with van der Waals surface area (Å²) in [7, 11) is -5.81. The van der Waals surface area contributed by atoms with Crippen LogP contribution in [-0.2, 0) is 13.3 Å². The van der Waals surface area contributed by atoms with Gasteiger partial charge in [-0.1, -0.05) is 68.4 Å². The fourth-order valence-electron chi connectivity index (χ4n) is 3.20. The van der Waals surface area contributed by atoms with Crippen LogP contribution >= 0.6 is 0 Å². The third-order valence-electron chi connectivity index (χ3n) is 8.89. The smallest absolute Gasteiger partial charge is 0.192 e. The summed E-state index contributed by atoms with van der Waals surface area (Å²) in [6, 6.07) is 0. The molecular weight excluding hydrogens is 481 g/mol. The monoisotopic (exact) mass is 540 g/mol. The number of hydrogen-bond donors (Lipinski definition) is 0. The highest BCUT2D eigenvalue weighted by Crippen LogP contribution is 2.42. The fourth-order valence-corrected chi connectivity index (χ4v) is 6.96. The van der Waals surface area contributed by atoms with Crippen molar-refractivity contribution in [2.75, 3.05) is 6.61 Å². The average molecular weight is 541 g/mol. The summed E-state index contributed by atoms with van der Waals surface area (Å²) in [4.78, 5) is 0. The highest BCUT2D eigenvalue weighted by Gasteiger charge is 2.45. The first kappa shape index (κ1) is 34.8. The van der Waals surface area contributed by atoms with E-state index in [4.69, 9.17) is 19.7 Å². The minimum Gasteiger partial charge on any atom is -0.417 e. The molecule has 3 atom stereocenters. The summed E-state index contributed by atoms with van der Waals surface area (Å²) >= 11 is 0. The summed E-state index contributed by atoms with van der Waals surface area (Å²) in [5.41, 5.74) is 0. The van der Waals surface area contributed by atoms with Crippen LogP contribution in [0.3, 0.4) is 0 Å². The lowest BCUT2D eigenvalue weighted by atomic mass is 9.89. The van der Waals surface area contributed by atoms with E-state index in [2.05, 4.69) is 114 Å². The van der Waals surface area contributed by atoms with Gasteiger partial charge < -0.3 is 13.3 Å². The Hall–Kier alpha value is -0.169. The molecule has 6 heteroatoms. The second-order valence-corrected chi connectivity index (χ2v) is 29.1. The predicted octanol–water partition coefficient (Wildman–Crippen LogP) is 9.39. The van der Waals surface area contributed by atoms with Crippen LogP contribution in [0.5, 0.6) is 0 Å². The topological polar surface area (TPSA) is 27.7 Å². The molecule has 206 valence electrons. The van der Waals surface area contributed by atoms with Gasteiger partial charge in [0.1, 0.15) is 0 Å². The zero-order valence-corrected chi connectivity index (χ0v) is 29.1. The maximum absolute atomic E-state index is 6.99. The van der Waals surface area contributed by atoms with Gasteiger partial charge in [0.2, 0.25) is 0 Å². The Morgan fingerprint density at radius 2 is 1.20 bits per heavy atom. The summed E-state index contributed by atoms with van der Waals surface area (Å²) in [5, 5.41) is 0.435. The van der Waals surface area contributed by atoms with E-state index in [0.717, 1.165) is 19.4 Å². The summed E-state index contributed by atoms with van der Waals surface area (Å²) < 4.78 is 20.5. The second kappa shape index (κ2) is 12.6. The molecular formula is C29H60O3Si3. The van der Waals surface area contributed by atoms with Crippen molar-refractivity contribution in [1.82, 2.24) is 0 Å². The molecule has 0 heterocycles. The van der Waals surface area contributed by atoms with Crippen molar-refractivity contribution in [3.63, 3.8) is 0 Å². The normalized spacial score (nSPS) is 17.0. The van der Waals surface area contributed by atoms with Crippen molar-refractivity contribution >= 4 is 25.0 Å². The maximum atomic E-state index is 6.99. The van der Waals surface area contributed by atoms with Crippen molar-refractivity contribution in [2.24, 2.45) is 5.92 Å². The Balaban J connectivity index is 6.04. The molecule has 3 nitrogen and oxygen atoms in total. The molecule has 0 spiro atoms. The number of hydrogen-bond acceptors (Lipinski definition) is 3. The molecule has 0 saturated heterocycles. The Morgan fingerprint density at radius 1 is 0.771 bits per heavy atom. The van der Waals surface area contributed by atoms with Crippen LogP contribution in [0, 0.1) is 18.3 Å². The van der Waals surface area contributed by atoms with Gasteiger partial charge in [-0.3, -0.25) is 0 Å². The molecule has 0 aromatic carbocycles. The van der Waals surface area contributed by atoms with E-state index in [1.165, 1.54) is 0 Å². The molecule has 0 bridgehead atoms. The van der Waals surface area contributed by atoms with Gasteiger partial charge in [-0.25, -0.2) is 0 Å². The van der Waals surface area contributed by atoms with Crippen molar-refractivity contribution in [3.05, 3.63) is 12.7 Å². The van der Waals surface area contributed by atoms with Gasteiger partial charge in [0.25, 0.3) is 0 Å². The van der Waals surface area contributed by atoms with Crippen LogP contribution in [0.15, 0.2) is 12.7 Å². The molecule has 0 saturated carbocycles. The van der Waals surface area contributed by atoms with E-state index in [9.17, 15) is 0 Å². The van der Waals surface area contributed by atoms with Gasteiger partial charge in [-0.05, 0) is 67.2 Å². The minimum atomic E-state index is -2.02. The van der Waals surface area contributed by atoms with E-state index in [0.29, 0.717) is 6.42 Å². The summed E-state index contributed by atoms with van der Waals surface area (Å²) in [6.07, 6.45) is 10.3. The number of rotatable bonds is 13. The van der Waals surface area contributed by atoms with Crippen molar-refractivity contribution in [1.29, 1.82) is 0 Å². The molecule has 0 unspecified atom stereocenters. The quantitative estimate of drug-likeness (QED) is 0.101. The molecule has 0 aromatic heterocycles. The summed E-state index contributed by atoms with van der Waals surface area (Å²) in [5.74, 6) is 3.07. The summed E-state index contributed by atoms with van der Waals surface area (Å²) in [6.45, 7) is 39.4. The molecule has 0 aromatic rings. The Bertz CT molecular complexity index is 701. The lowest BCUT2D eigenvalue weighted by molar-refractivity contribution is 0.0422. The highest BCUT2D eigenvalue weighted by molar-refractivity contribution is 6.75. The van der Waals surface area contributed by atoms with Crippen LogP contribution in [0.4, 0.5) is 0 Å². The zero-order valence-electron chi connectivity index (χ0n) is 26.1. The first-order chi connectivity index (χ1) is 15.4. The Kier molecular flexibility index (Phi) is 12.5. The molecule has 0 aliphatic carbocycles.